The molecule has 0 spiro atoms. The van der Waals surface area contributed by atoms with E-state index < -0.39 is 28.5 Å². The Labute approximate surface area is 253 Å². The fourth-order valence-electron chi connectivity index (χ4n) is 5.25. The van der Waals surface area contributed by atoms with E-state index in [4.69, 9.17) is 16.3 Å². The molecule has 1 saturated carbocycles. The molecule has 3 aromatic carbocycles. The van der Waals surface area contributed by atoms with Gasteiger partial charge in [0.15, 0.2) is 0 Å². The largest absolute Gasteiger partial charge is 0.497 e. The number of hydrogen-bond acceptors (Lipinski definition) is 5. The van der Waals surface area contributed by atoms with Crippen molar-refractivity contribution in [3.63, 3.8) is 0 Å². The molecule has 1 aliphatic rings. The molecule has 0 saturated heterocycles. The van der Waals surface area contributed by atoms with Crippen LogP contribution in [-0.4, -0.2) is 50.9 Å². The summed E-state index contributed by atoms with van der Waals surface area (Å²) in [5, 5.41) is 3.71. The summed E-state index contributed by atoms with van der Waals surface area (Å²) in [6.45, 7) is 1.48. The number of nitrogens with one attached hydrogen (secondary N) is 1. The lowest BCUT2D eigenvalue weighted by Crippen LogP contribution is -2.54. The summed E-state index contributed by atoms with van der Waals surface area (Å²) in [6.07, 6.45) is 5.46. The summed E-state index contributed by atoms with van der Waals surface area (Å²) in [5.74, 6) is -0.170. The highest BCUT2D eigenvalue weighted by Gasteiger charge is 2.34. The monoisotopic (exact) mass is 611 g/mol. The van der Waals surface area contributed by atoms with E-state index in [1.165, 1.54) is 24.1 Å². The minimum Gasteiger partial charge on any atom is -0.497 e. The van der Waals surface area contributed by atoms with Gasteiger partial charge < -0.3 is 15.0 Å². The van der Waals surface area contributed by atoms with E-state index in [0.717, 1.165) is 42.0 Å². The third-order valence-corrected chi connectivity index (χ3v) is 9.61. The molecule has 8 nitrogen and oxygen atoms in total. The van der Waals surface area contributed by atoms with Gasteiger partial charge in [0.25, 0.3) is 10.0 Å². The van der Waals surface area contributed by atoms with Gasteiger partial charge in [-0.1, -0.05) is 68.1 Å². The summed E-state index contributed by atoms with van der Waals surface area (Å²) in [6, 6.07) is 20.8. The third-order valence-electron chi connectivity index (χ3n) is 7.57. The van der Waals surface area contributed by atoms with Gasteiger partial charge in [-0.3, -0.25) is 13.9 Å². The molecule has 1 atom stereocenters. The zero-order valence-corrected chi connectivity index (χ0v) is 25.6. The van der Waals surface area contributed by atoms with Crippen molar-refractivity contribution in [2.45, 2.75) is 69.0 Å². The van der Waals surface area contributed by atoms with E-state index in [9.17, 15) is 18.0 Å². The first kappa shape index (κ1) is 31.4. The first-order chi connectivity index (χ1) is 20.2. The van der Waals surface area contributed by atoms with E-state index in [0.29, 0.717) is 22.9 Å². The summed E-state index contributed by atoms with van der Waals surface area (Å²) in [4.78, 5) is 29.3. The highest BCUT2D eigenvalue weighted by atomic mass is 35.5. The maximum atomic E-state index is 14.2. The molecule has 4 rings (SSSR count). The molecule has 0 aromatic heterocycles. The summed E-state index contributed by atoms with van der Waals surface area (Å²) in [7, 11) is -2.61. The first-order valence-corrected chi connectivity index (χ1v) is 16.1. The number of halogens is 1. The van der Waals surface area contributed by atoms with Crippen molar-refractivity contribution in [1.29, 1.82) is 0 Å². The average molecular weight is 612 g/mol. The van der Waals surface area contributed by atoms with E-state index in [1.807, 2.05) is 6.92 Å². The summed E-state index contributed by atoms with van der Waals surface area (Å²) in [5.41, 5.74) is 1.08. The molecule has 3 aromatic rings. The van der Waals surface area contributed by atoms with Crippen molar-refractivity contribution < 1.29 is 22.7 Å². The van der Waals surface area contributed by atoms with Crippen LogP contribution in [-0.2, 0) is 26.2 Å². The van der Waals surface area contributed by atoms with Crippen LogP contribution in [0.1, 0.15) is 51.0 Å². The topological polar surface area (TPSA) is 96.0 Å². The maximum absolute atomic E-state index is 14.2. The number of amides is 2. The van der Waals surface area contributed by atoms with Gasteiger partial charge in [0.1, 0.15) is 18.3 Å². The Morgan fingerprint density at radius 2 is 1.60 bits per heavy atom. The van der Waals surface area contributed by atoms with Crippen molar-refractivity contribution >= 4 is 39.1 Å². The lowest BCUT2D eigenvalue weighted by Gasteiger charge is -2.34. The Bertz CT molecular complexity index is 1430. The molecule has 0 bridgehead atoms. The fourth-order valence-corrected chi connectivity index (χ4v) is 6.81. The number of carbonyl (C=O) groups excluding carboxylic acids is 2. The van der Waals surface area contributed by atoms with Crippen molar-refractivity contribution in [3.8, 4) is 5.75 Å². The van der Waals surface area contributed by atoms with Gasteiger partial charge in [-0.15, -0.1) is 0 Å². The van der Waals surface area contributed by atoms with Crippen LogP contribution in [0.4, 0.5) is 5.69 Å². The molecule has 0 aliphatic heterocycles. The maximum Gasteiger partial charge on any atom is 0.264 e. The van der Waals surface area contributed by atoms with E-state index in [-0.39, 0.29) is 23.4 Å². The molecule has 0 heterocycles. The van der Waals surface area contributed by atoms with E-state index in [1.54, 1.807) is 66.7 Å². The summed E-state index contributed by atoms with van der Waals surface area (Å²) >= 11 is 6.10. The molecule has 0 unspecified atom stereocenters. The van der Waals surface area contributed by atoms with Crippen LogP contribution in [0.15, 0.2) is 83.8 Å². The normalized spacial score (nSPS) is 14.5. The minimum atomic E-state index is -4.13. The van der Waals surface area contributed by atoms with Crippen LogP contribution in [0.5, 0.6) is 5.75 Å². The quantitative estimate of drug-likeness (QED) is 0.279. The zero-order chi connectivity index (χ0) is 30.1. The smallest absolute Gasteiger partial charge is 0.264 e. The molecule has 1 N–H and O–H groups in total. The van der Waals surface area contributed by atoms with Gasteiger partial charge >= 0.3 is 0 Å². The average Bonchev–Trinajstić information content (AvgIpc) is 3.01. The number of ether oxygens (including phenoxy) is 1. The molecule has 1 fully saturated rings. The molecule has 42 heavy (non-hydrogen) atoms. The Hall–Kier alpha value is -3.56. The predicted molar refractivity (Wildman–Crippen MR) is 165 cm³/mol. The SMILES string of the molecule is CC[C@@H](C(=O)NC1CCCCC1)N(Cc1ccc(Cl)cc1)C(=O)CN(c1ccc(OC)cc1)S(=O)(=O)c1ccccc1. The molecular formula is C32H38ClN3O5S. The van der Waals surface area contributed by atoms with Crippen LogP contribution in [0.25, 0.3) is 0 Å². The second-order valence-corrected chi connectivity index (χ2v) is 12.7. The van der Waals surface area contributed by atoms with Gasteiger partial charge in [0.2, 0.25) is 11.8 Å². The number of anilines is 1. The van der Waals surface area contributed by atoms with Crippen LogP contribution in [0, 0.1) is 0 Å². The van der Waals surface area contributed by atoms with Crippen LogP contribution < -0.4 is 14.4 Å². The second-order valence-electron chi connectivity index (χ2n) is 10.4. The van der Waals surface area contributed by atoms with Crippen LogP contribution in [0.3, 0.4) is 0 Å². The highest BCUT2D eigenvalue weighted by molar-refractivity contribution is 7.92. The van der Waals surface area contributed by atoms with Crippen molar-refractivity contribution in [3.05, 3.63) is 89.4 Å². The van der Waals surface area contributed by atoms with Crippen LogP contribution >= 0.6 is 11.6 Å². The number of carbonyl (C=O) groups is 2. The number of nitrogens with zero attached hydrogens (tertiary/aromatic N) is 2. The predicted octanol–water partition coefficient (Wildman–Crippen LogP) is 5.80. The molecule has 2 amide bonds. The van der Waals surface area contributed by atoms with Crippen molar-refractivity contribution in [2.75, 3.05) is 18.0 Å². The first-order valence-electron chi connectivity index (χ1n) is 14.3. The van der Waals surface area contributed by atoms with Gasteiger partial charge in [0.05, 0.1) is 17.7 Å². The van der Waals surface area contributed by atoms with Gasteiger partial charge in [0, 0.05) is 17.6 Å². The van der Waals surface area contributed by atoms with Gasteiger partial charge in [-0.2, -0.15) is 0 Å². The Kier molecular flexibility index (Phi) is 10.9. The Morgan fingerprint density at radius 1 is 0.952 bits per heavy atom. The lowest BCUT2D eigenvalue weighted by atomic mass is 9.95. The molecule has 0 radical (unpaired) electrons. The van der Waals surface area contributed by atoms with Crippen molar-refractivity contribution in [1.82, 2.24) is 10.2 Å². The van der Waals surface area contributed by atoms with E-state index in [2.05, 4.69) is 5.32 Å². The van der Waals surface area contributed by atoms with Gasteiger partial charge in [-0.25, -0.2) is 8.42 Å². The Balaban J connectivity index is 1.69. The number of rotatable bonds is 12. The lowest BCUT2D eigenvalue weighted by molar-refractivity contribution is -0.140. The minimum absolute atomic E-state index is 0.0555. The highest BCUT2D eigenvalue weighted by Crippen LogP contribution is 2.27. The number of sulfonamides is 1. The molecule has 10 heteroatoms. The zero-order valence-electron chi connectivity index (χ0n) is 24.0. The fraction of sp³-hybridized carbons (Fsp3) is 0.375. The second kappa shape index (κ2) is 14.6. The van der Waals surface area contributed by atoms with Crippen molar-refractivity contribution in [2.24, 2.45) is 0 Å². The third kappa shape index (κ3) is 7.83. The van der Waals surface area contributed by atoms with Gasteiger partial charge in [-0.05, 0) is 73.4 Å². The Morgan fingerprint density at radius 3 is 2.19 bits per heavy atom. The molecule has 224 valence electrons. The molecule has 1 aliphatic carbocycles. The molecular weight excluding hydrogens is 574 g/mol. The number of benzene rings is 3. The van der Waals surface area contributed by atoms with E-state index >= 15 is 0 Å². The number of methoxy groups -OCH3 is 1. The summed E-state index contributed by atoms with van der Waals surface area (Å²) < 4.78 is 34.2. The standard InChI is InChI=1S/C32H38ClN3O5S/c1-3-30(32(38)34-26-10-6-4-7-11-26)35(22-24-14-16-25(33)17-15-24)31(37)23-36(27-18-20-28(41-2)21-19-27)42(39,40)29-12-8-5-9-13-29/h5,8-9,12-21,26,30H,3-4,6-7,10-11,22-23H2,1-2H3,(H,34,38)/t30-/m0/s1. The van der Waals surface area contributed by atoms with Crippen LogP contribution in [0.2, 0.25) is 5.02 Å². The number of hydrogen-bond donors (Lipinski definition) is 1.